The van der Waals surface area contributed by atoms with Gasteiger partial charge in [0.05, 0.1) is 0 Å². The lowest BCUT2D eigenvalue weighted by molar-refractivity contribution is 0.978. The minimum Gasteiger partial charge on any atom is -0.287 e. The highest BCUT2D eigenvalue weighted by atomic mass is 15.3. The van der Waals surface area contributed by atoms with E-state index in [1.54, 1.807) is 6.21 Å². The fourth-order valence-corrected chi connectivity index (χ4v) is 0.127. The smallest absolute Gasteiger partial charge is 0.0215 e. The summed E-state index contributed by atoms with van der Waals surface area (Å²) in [6, 6.07) is 0. The summed E-state index contributed by atoms with van der Waals surface area (Å²) in [6.07, 6.45) is 3.17. The number of rotatable bonds is 2. The Morgan fingerprint density at radius 1 is 1.50 bits per heavy atom. The van der Waals surface area contributed by atoms with Crippen molar-refractivity contribution < 1.29 is 0 Å². The highest BCUT2D eigenvalue weighted by Gasteiger charge is 1.50. The van der Waals surface area contributed by atoms with Gasteiger partial charge in [-0.25, -0.2) is 0 Å². The van der Waals surface area contributed by atoms with Gasteiger partial charge in [0, 0.05) is 12.4 Å². The number of hydrogen-bond acceptors (Lipinski definition) is 2. The quantitative estimate of drug-likeness (QED) is 0.429. The maximum absolute atomic E-state index is 3.60. The summed E-state index contributed by atoms with van der Waals surface area (Å²) in [5.41, 5.74) is 2.53. The van der Waals surface area contributed by atoms with Gasteiger partial charge in [0.15, 0.2) is 0 Å². The van der Waals surface area contributed by atoms with E-state index in [1.807, 2.05) is 20.8 Å². The highest BCUT2D eigenvalue weighted by molar-refractivity contribution is 5.52. The van der Waals surface area contributed by atoms with Crippen molar-refractivity contribution in [1.82, 2.24) is 5.43 Å². The summed E-state index contributed by atoms with van der Waals surface area (Å²) < 4.78 is 0. The van der Waals surface area contributed by atoms with Crippen molar-refractivity contribution in [3.05, 3.63) is 12.8 Å². The molecule has 0 spiro atoms. The third-order valence-corrected chi connectivity index (χ3v) is 0.295. The molecule has 0 radical (unpaired) electrons. The van der Waals surface area contributed by atoms with E-state index in [1.165, 1.54) is 6.20 Å². The van der Waals surface area contributed by atoms with Crippen molar-refractivity contribution in [1.29, 1.82) is 0 Å². The Bertz CT molecular complexity index is 57.5. The van der Waals surface area contributed by atoms with Gasteiger partial charge in [-0.05, 0) is 6.92 Å². The zero-order valence-corrected chi connectivity index (χ0v) is 5.81. The van der Waals surface area contributed by atoms with Gasteiger partial charge < -0.3 is 0 Å². The Balaban J connectivity index is 0. The number of nitrogens with one attached hydrogen (secondary N) is 1. The molecule has 0 aliphatic rings. The van der Waals surface area contributed by atoms with E-state index >= 15 is 0 Å². The molecule has 0 amide bonds. The van der Waals surface area contributed by atoms with Crippen LogP contribution in [0.5, 0.6) is 0 Å². The molecule has 0 unspecified atom stereocenters. The molecule has 0 aliphatic carbocycles. The van der Waals surface area contributed by atoms with E-state index in [-0.39, 0.29) is 0 Å². The molecule has 0 atom stereocenters. The molecule has 2 heteroatoms. The average Bonchev–Trinajstić information content (AvgIpc) is 1.88. The molecule has 48 valence electrons. The van der Waals surface area contributed by atoms with Crippen molar-refractivity contribution in [2.75, 3.05) is 0 Å². The van der Waals surface area contributed by atoms with Crippen LogP contribution in [0.1, 0.15) is 20.8 Å². The lowest BCUT2D eigenvalue weighted by atomic mass is 10.9. The average molecular weight is 114 g/mol. The van der Waals surface area contributed by atoms with Gasteiger partial charge in [0.25, 0.3) is 0 Å². The summed E-state index contributed by atoms with van der Waals surface area (Å²) in [7, 11) is 0. The van der Waals surface area contributed by atoms with Crippen molar-refractivity contribution in [3.8, 4) is 0 Å². The van der Waals surface area contributed by atoms with Gasteiger partial charge in [-0.2, -0.15) is 5.10 Å². The summed E-state index contributed by atoms with van der Waals surface area (Å²) >= 11 is 0. The Morgan fingerprint density at radius 2 is 2.00 bits per heavy atom. The van der Waals surface area contributed by atoms with Gasteiger partial charge in [0.2, 0.25) is 0 Å². The first-order chi connectivity index (χ1) is 3.91. The Morgan fingerprint density at radius 3 is 2.12 bits per heavy atom. The first-order valence-electron chi connectivity index (χ1n) is 2.76. The summed E-state index contributed by atoms with van der Waals surface area (Å²) in [4.78, 5) is 0. The maximum Gasteiger partial charge on any atom is 0.0215 e. The molecule has 0 aromatic carbocycles. The first kappa shape index (κ1) is 10.2. The van der Waals surface area contributed by atoms with Crippen molar-refractivity contribution in [2.24, 2.45) is 5.10 Å². The lowest BCUT2D eigenvalue weighted by Crippen LogP contribution is -1.88. The minimum absolute atomic E-state index is 1.51. The Hall–Kier alpha value is -0.790. The standard InChI is InChI=1S/C4H8N2.C2H6/c1-3-5-6-4-2;1-2/h3-5H,1H2,2H3;1-2H3/b6-4-;. The number of hydrazone groups is 1. The fourth-order valence-electron chi connectivity index (χ4n) is 0.127. The van der Waals surface area contributed by atoms with Crippen LogP contribution in [0.4, 0.5) is 0 Å². The van der Waals surface area contributed by atoms with E-state index in [4.69, 9.17) is 0 Å². The summed E-state index contributed by atoms with van der Waals surface area (Å²) in [6.45, 7) is 9.20. The van der Waals surface area contributed by atoms with Crippen molar-refractivity contribution in [2.45, 2.75) is 20.8 Å². The van der Waals surface area contributed by atoms with Crippen LogP contribution in [0.15, 0.2) is 17.9 Å². The molecule has 0 aromatic rings. The van der Waals surface area contributed by atoms with Crippen LogP contribution in [-0.2, 0) is 0 Å². The second kappa shape index (κ2) is 16.4. The molecular weight excluding hydrogens is 100 g/mol. The van der Waals surface area contributed by atoms with Crippen LogP contribution in [0.2, 0.25) is 0 Å². The number of nitrogens with zero attached hydrogens (tertiary/aromatic N) is 1. The second-order valence-corrected chi connectivity index (χ2v) is 0.721. The summed E-state index contributed by atoms with van der Waals surface area (Å²) in [5.74, 6) is 0. The van der Waals surface area contributed by atoms with Crippen LogP contribution in [0, 0.1) is 0 Å². The third kappa shape index (κ3) is 18.9. The number of hydrogen-bond donors (Lipinski definition) is 1. The van der Waals surface area contributed by atoms with Crippen LogP contribution in [-0.4, -0.2) is 6.21 Å². The molecule has 8 heavy (non-hydrogen) atoms. The predicted octanol–water partition coefficient (Wildman–Crippen LogP) is 1.75. The molecule has 0 heterocycles. The highest BCUT2D eigenvalue weighted by Crippen LogP contribution is 1.51. The first-order valence-corrected chi connectivity index (χ1v) is 2.76. The largest absolute Gasteiger partial charge is 0.287 e. The molecule has 0 aromatic heterocycles. The van der Waals surface area contributed by atoms with Crippen molar-refractivity contribution >= 4 is 6.21 Å². The summed E-state index contributed by atoms with van der Waals surface area (Å²) in [5, 5.41) is 3.60. The topological polar surface area (TPSA) is 24.4 Å². The normalized spacial score (nSPS) is 7.38. The molecule has 0 saturated carbocycles. The van der Waals surface area contributed by atoms with Crippen molar-refractivity contribution in [3.63, 3.8) is 0 Å². The zero-order valence-electron chi connectivity index (χ0n) is 5.81. The molecule has 1 N–H and O–H groups in total. The van der Waals surface area contributed by atoms with E-state index in [2.05, 4.69) is 17.1 Å². The SMILES string of the molecule is C=CN/N=C\C.CC. The second-order valence-electron chi connectivity index (χ2n) is 0.721. The monoisotopic (exact) mass is 114 g/mol. The van der Waals surface area contributed by atoms with Crippen LogP contribution < -0.4 is 5.43 Å². The van der Waals surface area contributed by atoms with E-state index in [0.29, 0.717) is 0 Å². The van der Waals surface area contributed by atoms with E-state index in [0.717, 1.165) is 0 Å². The van der Waals surface area contributed by atoms with Gasteiger partial charge in [-0.3, -0.25) is 5.43 Å². The fraction of sp³-hybridized carbons (Fsp3) is 0.500. The molecule has 0 rings (SSSR count). The minimum atomic E-state index is 1.51. The van der Waals surface area contributed by atoms with E-state index in [9.17, 15) is 0 Å². The Kier molecular flexibility index (Phi) is 20.9. The third-order valence-electron chi connectivity index (χ3n) is 0.295. The van der Waals surface area contributed by atoms with Crippen LogP contribution in [0.3, 0.4) is 0 Å². The van der Waals surface area contributed by atoms with Gasteiger partial charge in [-0.15, -0.1) is 0 Å². The maximum atomic E-state index is 3.60. The molecular formula is C6H14N2. The van der Waals surface area contributed by atoms with Gasteiger partial charge in [-0.1, -0.05) is 20.4 Å². The Labute approximate surface area is 51.3 Å². The van der Waals surface area contributed by atoms with E-state index < -0.39 is 0 Å². The van der Waals surface area contributed by atoms with Gasteiger partial charge >= 0.3 is 0 Å². The zero-order chi connectivity index (χ0) is 6.83. The van der Waals surface area contributed by atoms with Crippen LogP contribution in [0.25, 0.3) is 0 Å². The van der Waals surface area contributed by atoms with Gasteiger partial charge in [0.1, 0.15) is 0 Å². The molecule has 0 fully saturated rings. The molecule has 0 bridgehead atoms. The molecule has 0 saturated heterocycles. The molecule has 2 nitrogen and oxygen atoms in total. The predicted molar refractivity (Wildman–Crippen MR) is 38.8 cm³/mol. The van der Waals surface area contributed by atoms with Crippen LogP contribution >= 0.6 is 0 Å². The molecule has 0 aliphatic heterocycles. The lowest BCUT2D eigenvalue weighted by Gasteiger charge is -1.79.